The number of nitrogens with zero attached hydrogens (tertiary/aromatic N) is 1. The number of H-pyrrole nitrogens is 1. The van der Waals surface area contributed by atoms with Gasteiger partial charge in [-0.2, -0.15) is 0 Å². The van der Waals surface area contributed by atoms with Gasteiger partial charge in [0.2, 0.25) is 0 Å². The molecule has 0 radical (unpaired) electrons. The van der Waals surface area contributed by atoms with E-state index in [2.05, 4.69) is 4.98 Å². The lowest BCUT2D eigenvalue weighted by Gasteiger charge is -2.36. The fourth-order valence-electron chi connectivity index (χ4n) is 2.78. The third-order valence-electron chi connectivity index (χ3n) is 3.84. The molecule has 0 amide bonds. The maximum absolute atomic E-state index is 13.2. The van der Waals surface area contributed by atoms with Gasteiger partial charge in [-0.15, -0.1) is 0 Å². The van der Waals surface area contributed by atoms with Crippen LogP contribution in [0.5, 0.6) is 0 Å². The Kier molecular flexibility index (Phi) is 6.99. The minimum Gasteiger partial charge on any atom is -0.394 e. The van der Waals surface area contributed by atoms with Crippen LogP contribution >= 0.6 is 7.60 Å². The first-order valence-electron chi connectivity index (χ1n) is 8.80. The number of aryl methyl sites for hydroxylation is 1. The lowest BCUT2D eigenvalue weighted by atomic mass is 10.1. The van der Waals surface area contributed by atoms with Crippen LogP contribution in [-0.4, -0.2) is 45.4 Å². The smallest absolute Gasteiger partial charge is 0.363 e. The Labute approximate surface area is 157 Å². The molecular weight excluding hydrogens is 375 g/mol. The SMILES string of the molecule is Cc1cn([C@@H]2C=C[C@@H](P(=O)(OC(C)C)OC(C)C)O[C@@H]2CO)c(=O)[nH]c1=O. The number of aromatic amines is 1. The van der Waals surface area contributed by atoms with E-state index in [1.54, 1.807) is 40.7 Å². The van der Waals surface area contributed by atoms with Crippen LogP contribution in [0.2, 0.25) is 0 Å². The second-order valence-electron chi connectivity index (χ2n) is 6.95. The predicted octanol–water partition coefficient (Wildman–Crippen LogP) is 1.70. The first-order valence-corrected chi connectivity index (χ1v) is 10.4. The van der Waals surface area contributed by atoms with E-state index in [-0.39, 0.29) is 12.2 Å². The highest BCUT2D eigenvalue weighted by atomic mass is 31.2. The molecule has 0 bridgehead atoms. The molecule has 0 aliphatic carbocycles. The molecular formula is C17H27N2O7P. The van der Waals surface area contributed by atoms with Crippen molar-refractivity contribution < 1.29 is 23.5 Å². The van der Waals surface area contributed by atoms with E-state index < -0.39 is 43.4 Å². The summed E-state index contributed by atoms with van der Waals surface area (Å²) in [4.78, 5) is 26.0. The third-order valence-corrected chi connectivity index (χ3v) is 6.19. The minimum absolute atomic E-state index is 0.346. The van der Waals surface area contributed by atoms with Crippen molar-refractivity contribution in [2.24, 2.45) is 0 Å². The van der Waals surface area contributed by atoms with Gasteiger partial charge in [0.05, 0.1) is 24.9 Å². The van der Waals surface area contributed by atoms with Crippen molar-refractivity contribution in [2.45, 2.75) is 64.8 Å². The summed E-state index contributed by atoms with van der Waals surface area (Å²) >= 11 is 0. The van der Waals surface area contributed by atoms with Gasteiger partial charge in [-0.05, 0) is 40.7 Å². The highest BCUT2D eigenvalue weighted by molar-refractivity contribution is 7.54. The van der Waals surface area contributed by atoms with E-state index in [4.69, 9.17) is 13.8 Å². The van der Waals surface area contributed by atoms with Gasteiger partial charge in [0.15, 0.2) is 5.85 Å². The van der Waals surface area contributed by atoms with Gasteiger partial charge in [0.1, 0.15) is 6.10 Å². The van der Waals surface area contributed by atoms with E-state index in [1.807, 2.05) is 0 Å². The van der Waals surface area contributed by atoms with Crippen LogP contribution in [0.15, 0.2) is 27.9 Å². The summed E-state index contributed by atoms with van der Waals surface area (Å²) in [5.41, 5.74) is -0.755. The molecule has 0 unspecified atom stereocenters. The van der Waals surface area contributed by atoms with Crippen molar-refractivity contribution in [2.75, 3.05) is 6.61 Å². The molecule has 0 saturated carbocycles. The second-order valence-corrected chi connectivity index (χ2v) is 8.96. The molecule has 0 aromatic carbocycles. The Balaban J connectivity index is 2.40. The van der Waals surface area contributed by atoms with Crippen molar-refractivity contribution in [3.05, 3.63) is 44.8 Å². The first kappa shape index (κ1) is 21.8. The zero-order chi connectivity index (χ0) is 20.4. The largest absolute Gasteiger partial charge is 0.394 e. The van der Waals surface area contributed by atoms with Gasteiger partial charge in [-0.1, -0.05) is 6.08 Å². The van der Waals surface area contributed by atoms with Crippen molar-refractivity contribution >= 4 is 7.60 Å². The topological polar surface area (TPSA) is 120 Å². The van der Waals surface area contributed by atoms with Crippen LogP contribution in [0.1, 0.15) is 39.3 Å². The number of rotatable bonds is 7. The van der Waals surface area contributed by atoms with E-state index in [0.29, 0.717) is 5.56 Å². The summed E-state index contributed by atoms with van der Waals surface area (Å²) in [6.45, 7) is 8.07. The summed E-state index contributed by atoms with van der Waals surface area (Å²) in [7, 11) is -3.67. The maximum Gasteiger partial charge on any atom is 0.363 e. The molecule has 27 heavy (non-hydrogen) atoms. The van der Waals surface area contributed by atoms with Crippen LogP contribution in [0.3, 0.4) is 0 Å². The lowest BCUT2D eigenvalue weighted by Crippen LogP contribution is -2.42. The maximum atomic E-state index is 13.2. The molecule has 1 aromatic rings. The summed E-state index contributed by atoms with van der Waals surface area (Å²) in [6, 6.07) is -0.680. The minimum atomic E-state index is -3.67. The Hall–Kier alpha value is -1.51. The van der Waals surface area contributed by atoms with Crippen molar-refractivity contribution in [3.8, 4) is 0 Å². The van der Waals surface area contributed by atoms with Gasteiger partial charge in [-0.3, -0.25) is 18.9 Å². The molecule has 1 aliphatic rings. The highest BCUT2D eigenvalue weighted by Crippen LogP contribution is 2.57. The zero-order valence-electron chi connectivity index (χ0n) is 16.1. The van der Waals surface area contributed by atoms with Crippen molar-refractivity contribution in [1.29, 1.82) is 0 Å². The lowest BCUT2D eigenvalue weighted by molar-refractivity contribution is -0.0341. The Bertz CT molecular complexity index is 828. The van der Waals surface area contributed by atoms with Gasteiger partial charge >= 0.3 is 13.3 Å². The molecule has 3 atom stereocenters. The van der Waals surface area contributed by atoms with Gasteiger partial charge in [-0.25, -0.2) is 4.79 Å². The Morgan fingerprint density at radius 2 is 1.81 bits per heavy atom. The van der Waals surface area contributed by atoms with E-state index >= 15 is 0 Å². The molecule has 2 heterocycles. The number of hydrogen-bond acceptors (Lipinski definition) is 7. The number of ether oxygens (including phenoxy) is 1. The van der Waals surface area contributed by atoms with Crippen LogP contribution in [0.4, 0.5) is 0 Å². The average Bonchev–Trinajstić information content (AvgIpc) is 2.56. The van der Waals surface area contributed by atoms with Crippen molar-refractivity contribution in [3.63, 3.8) is 0 Å². The van der Waals surface area contributed by atoms with Gasteiger partial charge in [0, 0.05) is 11.8 Å². The van der Waals surface area contributed by atoms with Crippen LogP contribution in [0, 0.1) is 6.92 Å². The molecule has 2 N–H and O–H groups in total. The summed E-state index contributed by atoms with van der Waals surface area (Å²) < 4.78 is 31.4. The number of aromatic nitrogens is 2. The van der Waals surface area contributed by atoms with Crippen molar-refractivity contribution in [1.82, 2.24) is 9.55 Å². The van der Waals surface area contributed by atoms with Crippen LogP contribution in [-0.2, 0) is 18.3 Å². The summed E-state index contributed by atoms with van der Waals surface area (Å²) in [5, 5.41) is 9.77. The molecule has 10 heteroatoms. The average molecular weight is 402 g/mol. The predicted molar refractivity (Wildman–Crippen MR) is 100 cm³/mol. The Morgan fingerprint density at radius 1 is 1.22 bits per heavy atom. The third kappa shape index (κ3) is 5.06. The molecule has 9 nitrogen and oxygen atoms in total. The molecule has 0 spiro atoms. The number of aliphatic hydroxyl groups is 1. The van der Waals surface area contributed by atoms with E-state index in [0.717, 1.165) is 0 Å². The van der Waals surface area contributed by atoms with E-state index in [1.165, 1.54) is 16.8 Å². The molecule has 0 saturated heterocycles. The molecule has 0 fully saturated rings. The highest BCUT2D eigenvalue weighted by Gasteiger charge is 2.42. The van der Waals surface area contributed by atoms with Gasteiger partial charge in [0.25, 0.3) is 5.56 Å². The first-order chi connectivity index (χ1) is 12.6. The summed E-state index contributed by atoms with van der Waals surface area (Å²) in [6.07, 6.45) is 2.92. The van der Waals surface area contributed by atoms with Crippen LogP contribution in [0.25, 0.3) is 0 Å². The number of nitrogens with one attached hydrogen (secondary N) is 1. The number of hydrogen-bond donors (Lipinski definition) is 2. The normalized spacial score (nSPS) is 23.3. The standard InChI is InChI=1S/C17H27N2O7P/c1-10(2)25-27(23,26-11(3)4)15-7-6-13(14(9-20)24-15)19-8-12(5)16(21)18-17(19)22/h6-8,10-11,13-15,20H,9H2,1-5H3,(H,18,21,22)/t13-,14-,15-/m1/s1. The quantitative estimate of drug-likeness (QED) is 0.526. The second kappa shape index (κ2) is 8.67. The van der Waals surface area contributed by atoms with E-state index in [9.17, 15) is 19.3 Å². The molecule has 1 aromatic heterocycles. The molecule has 1 aliphatic heterocycles. The zero-order valence-corrected chi connectivity index (χ0v) is 17.0. The Morgan fingerprint density at radius 3 is 2.33 bits per heavy atom. The van der Waals surface area contributed by atoms with Crippen LogP contribution < -0.4 is 11.2 Å². The number of aliphatic hydroxyl groups excluding tert-OH is 1. The fourth-order valence-corrected chi connectivity index (χ4v) is 4.86. The van der Waals surface area contributed by atoms with Gasteiger partial charge < -0.3 is 18.9 Å². The monoisotopic (exact) mass is 402 g/mol. The summed E-state index contributed by atoms with van der Waals surface area (Å²) in [5.74, 6) is -1.02. The molecule has 2 rings (SSSR count). The molecule has 152 valence electrons. The fraction of sp³-hybridized carbons (Fsp3) is 0.647.